The molecule has 61 heavy (non-hydrogen) atoms. The van der Waals surface area contributed by atoms with E-state index in [-0.39, 0.29) is 10.8 Å². The summed E-state index contributed by atoms with van der Waals surface area (Å²) in [6.45, 7) is 7.14. The molecule has 0 aliphatic heterocycles. The smallest absolute Gasteiger partial charge is 0.160 e. The predicted octanol–water partition coefficient (Wildman–Crippen LogP) is 15.1. The molecule has 0 bridgehead atoms. The standard InChI is InChI=1S/C59H42N2/c1-58(2)51-28-16-26-48(55(51)49-32-29-37-17-10-11-22-41(37)56(49)58)44-33-34-47(43-24-13-12-23-42(43)44)54-36-53(60-57(61-54)38-18-6-4-7-19-38)39-30-31-46-45-25-14-15-27-50(45)59(3,52(46)35-39)40-20-8-5-9-21-40/h4-36H,1-3H3. The molecular weight excluding hydrogens is 737 g/mol. The van der Waals surface area contributed by atoms with Crippen molar-refractivity contribution in [3.05, 3.63) is 228 Å². The maximum absolute atomic E-state index is 5.36. The van der Waals surface area contributed by atoms with Crippen LogP contribution in [0.15, 0.2) is 200 Å². The van der Waals surface area contributed by atoms with Crippen LogP contribution < -0.4 is 0 Å². The van der Waals surface area contributed by atoms with Crippen molar-refractivity contribution in [2.24, 2.45) is 0 Å². The van der Waals surface area contributed by atoms with Gasteiger partial charge in [-0.25, -0.2) is 9.97 Å². The molecule has 0 saturated heterocycles. The zero-order valence-corrected chi connectivity index (χ0v) is 34.4. The molecule has 2 nitrogen and oxygen atoms in total. The first-order chi connectivity index (χ1) is 29.9. The number of nitrogens with zero attached hydrogens (tertiary/aromatic N) is 2. The van der Waals surface area contributed by atoms with Gasteiger partial charge in [0.25, 0.3) is 0 Å². The lowest BCUT2D eigenvalue weighted by molar-refractivity contribution is 0.666. The van der Waals surface area contributed by atoms with Gasteiger partial charge in [-0.2, -0.15) is 0 Å². The van der Waals surface area contributed by atoms with Crippen LogP contribution in [0.25, 0.3) is 88.8 Å². The number of hydrogen-bond donors (Lipinski definition) is 0. The molecule has 10 aromatic rings. The van der Waals surface area contributed by atoms with Crippen LogP contribution in [0.3, 0.4) is 0 Å². The van der Waals surface area contributed by atoms with E-state index in [2.05, 4.69) is 215 Å². The first-order valence-electron chi connectivity index (χ1n) is 21.3. The van der Waals surface area contributed by atoms with Crippen LogP contribution in [0.4, 0.5) is 0 Å². The normalized spacial score (nSPS) is 15.7. The van der Waals surface area contributed by atoms with Gasteiger partial charge in [0.15, 0.2) is 5.82 Å². The summed E-state index contributed by atoms with van der Waals surface area (Å²) in [6, 6.07) is 73.1. The molecule has 1 atom stereocenters. The molecule has 9 aromatic carbocycles. The highest BCUT2D eigenvalue weighted by atomic mass is 14.9. The number of benzene rings is 9. The fraction of sp³-hybridized carbons (Fsp3) is 0.0847. The molecule has 0 radical (unpaired) electrons. The molecule has 288 valence electrons. The van der Waals surface area contributed by atoms with Gasteiger partial charge < -0.3 is 0 Å². The molecule has 12 rings (SSSR count). The second-order valence-electron chi connectivity index (χ2n) is 17.4. The molecular formula is C59H42N2. The van der Waals surface area contributed by atoms with E-state index in [0.29, 0.717) is 5.82 Å². The van der Waals surface area contributed by atoms with E-state index in [9.17, 15) is 0 Å². The Morgan fingerprint density at radius 2 is 0.951 bits per heavy atom. The van der Waals surface area contributed by atoms with Crippen LogP contribution in [0, 0.1) is 0 Å². The van der Waals surface area contributed by atoms with Crippen LogP contribution in [0.1, 0.15) is 48.6 Å². The highest BCUT2D eigenvalue weighted by Crippen LogP contribution is 2.56. The van der Waals surface area contributed by atoms with Crippen molar-refractivity contribution >= 4 is 21.5 Å². The van der Waals surface area contributed by atoms with Crippen LogP contribution in [-0.2, 0) is 10.8 Å². The Morgan fingerprint density at radius 3 is 1.77 bits per heavy atom. The van der Waals surface area contributed by atoms with Gasteiger partial charge in [0.1, 0.15) is 0 Å². The number of aromatic nitrogens is 2. The van der Waals surface area contributed by atoms with Crippen molar-refractivity contribution in [3.8, 4) is 67.3 Å². The maximum atomic E-state index is 5.36. The van der Waals surface area contributed by atoms with E-state index < -0.39 is 0 Å². The monoisotopic (exact) mass is 778 g/mol. The first kappa shape index (κ1) is 35.5. The fourth-order valence-corrected chi connectivity index (χ4v) is 10.8. The third kappa shape index (κ3) is 5.22. The van der Waals surface area contributed by atoms with Crippen LogP contribution in [-0.4, -0.2) is 9.97 Å². The maximum Gasteiger partial charge on any atom is 0.160 e. The fourth-order valence-electron chi connectivity index (χ4n) is 10.8. The summed E-state index contributed by atoms with van der Waals surface area (Å²) in [5.41, 5.74) is 18.9. The van der Waals surface area contributed by atoms with E-state index in [4.69, 9.17) is 9.97 Å². The van der Waals surface area contributed by atoms with E-state index in [1.807, 2.05) is 6.07 Å². The van der Waals surface area contributed by atoms with Crippen LogP contribution >= 0.6 is 0 Å². The topological polar surface area (TPSA) is 25.8 Å². The largest absolute Gasteiger partial charge is 0.228 e. The molecule has 1 heterocycles. The minimum atomic E-state index is -0.312. The van der Waals surface area contributed by atoms with Crippen molar-refractivity contribution < 1.29 is 0 Å². The van der Waals surface area contributed by atoms with Crippen molar-refractivity contribution in [2.75, 3.05) is 0 Å². The van der Waals surface area contributed by atoms with Gasteiger partial charge >= 0.3 is 0 Å². The minimum Gasteiger partial charge on any atom is -0.228 e. The second kappa shape index (κ2) is 13.3. The second-order valence-corrected chi connectivity index (χ2v) is 17.4. The molecule has 2 aliphatic carbocycles. The summed E-state index contributed by atoms with van der Waals surface area (Å²) in [6.07, 6.45) is 0. The van der Waals surface area contributed by atoms with E-state index in [0.717, 1.165) is 28.1 Å². The summed E-state index contributed by atoms with van der Waals surface area (Å²) >= 11 is 0. The summed E-state index contributed by atoms with van der Waals surface area (Å²) < 4.78 is 0. The highest BCUT2D eigenvalue weighted by Gasteiger charge is 2.41. The summed E-state index contributed by atoms with van der Waals surface area (Å²) in [5, 5.41) is 4.99. The van der Waals surface area contributed by atoms with Gasteiger partial charge in [-0.15, -0.1) is 0 Å². The average Bonchev–Trinajstić information content (AvgIpc) is 3.73. The molecule has 1 aromatic heterocycles. The number of fused-ring (bicyclic) bond motifs is 9. The molecule has 0 N–H and O–H groups in total. The lowest BCUT2D eigenvalue weighted by Gasteiger charge is -2.28. The van der Waals surface area contributed by atoms with Crippen molar-refractivity contribution in [1.29, 1.82) is 0 Å². The van der Waals surface area contributed by atoms with Crippen LogP contribution in [0.2, 0.25) is 0 Å². The molecule has 1 unspecified atom stereocenters. The quantitative estimate of drug-likeness (QED) is 0.174. The third-order valence-corrected chi connectivity index (χ3v) is 13.8. The number of rotatable bonds is 5. The van der Waals surface area contributed by atoms with Gasteiger partial charge in [0, 0.05) is 27.5 Å². The lowest BCUT2D eigenvalue weighted by atomic mass is 9.74. The summed E-state index contributed by atoms with van der Waals surface area (Å²) in [5.74, 6) is 0.711. The Kier molecular flexibility index (Phi) is 7.74. The SMILES string of the molecule is CC1(C)c2cccc(-c3ccc(-c4cc(-c5ccc6c(c5)C(C)(c5ccccc5)c5ccccc5-6)nc(-c5ccccc5)n4)c4ccccc34)c2-c2ccc3ccccc3c21. The molecule has 0 amide bonds. The summed E-state index contributed by atoms with van der Waals surface area (Å²) in [7, 11) is 0. The highest BCUT2D eigenvalue weighted by molar-refractivity contribution is 6.09. The van der Waals surface area contributed by atoms with Gasteiger partial charge in [0.05, 0.1) is 11.4 Å². The zero-order chi connectivity index (χ0) is 40.9. The van der Waals surface area contributed by atoms with Gasteiger partial charge in [-0.1, -0.05) is 202 Å². The minimum absolute atomic E-state index is 0.138. The van der Waals surface area contributed by atoms with Crippen molar-refractivity contribution in [3.63, 3.8) is 0 Å². The molecule has 2 aliphatic rings. The van der Waals surface area contributed by atoms with E-state index >= 15 is 0 Å². The average molecular weight is 779 g/mol. The summed E-state index contributed by atoms with van der Waals surface area (Å²) in [4.78, 5) is 10.7. The van der Waals surface area contributed by atoms with Crippen LogP contribution in [0.5, 0.6) is 0 Å². The Bertz CT molecular complexity index is 3400. The first-order valence-corrected chi connectivity index (χ1v) is 21.3. The lowest BCUT2D eigenvalue weighted by Crippen LogP contribution is -2.22. The Labute approximate surface area is 356 Å². The van der Waals surface area contributed by atoms with Crippen molar-refractivity contribution in [1.82, 2.24) is 9.97 Å². The van der Waals surface area contributed by atoms with E-state index in [1.165, 1.54) is 82.7 Å². The molecule has 0 spiro atoms. The molecule has 0 saturated carbocycles. The molecule has 0 fully saturated rings. The van der Waals surface area contributed by atoms with Gasteiger partial charge in [-0.05, 0) is 102 Å². The number of hydrogen-bond acceptors (Lipinski definition) is 2. The Balaban J connectivity index is 1.05. The third-order valence-electron chi connectivity index (χ3n) is 13.8. The van der Waals surface area contributed by atoms with E-state index in [1.54, 1.807) is 0 Å². The molecule has 2 heteroatoms. The Morgan fingerprint density at radius 1 is 0.361 bits per heavy atom. The zero-order valence-electron chi connectivity index (χ0n) is 34.4. The van der Waals surface area contributed by atoms with Crippen molar-refractivity contribution in [2.45, 2.75) is 31.6 Å². The van der Waals surface area contributed by atoms with Gasteiger partial charge in [0.2, 0.25) is 0 Å². The predicted molar refractivity (Wildman–Crippen MR) is 254 cm³/mol. The Hall–Kier alpha value is -7.42. The van der Waals surface area contributed by atoms with Gasteiger partial charge in [-0.3, -0.25) is 0 Å².